The first-order valence-electron chi connectivity index (χ1n) is 8.96. The fourth-order valence-corrected chi connectivity index (χ4v) is 3.02. The maximum atomic E-state index is 6.07. The van der Waals surface area contributed by atoms with Gasteiger partial charge in [-0.3, -0.25) is 4.99 Å². The first kappa shape index (κ1) is 24.6. The maximum Gasteiger partial charge on any atom is 0.194 e. The molecule has 8 heteroatoms. The van der Waals surface area contributed by atoms with Gasteiger partial charge in [0.15, 0.2) is 5.96 Å². The molecule has 1 aromatic heterocycles. The van der Waals surface area contributed by atoms with Crippen molar-refractivity contribution in [2.45, 2.75) is 19.5 Å². The smallest absolute Gasteiger partial charge is 0.194 e. The Kier molecular flexibility index (Phi) is 11.3. The third kappa shape index (κ3) is 7.89. The van der Waals surface area contributed by atoms with Gasteiger partial charge in [-0.1, -0.05) is 23.7 Å². The molecule has 0 saturated carbocycles. The summed E-state index contributed by atoms with van der Waals surface area (Å²) in [6, 6.07) is 10.1. The standard InChI is InChI=1S/C20H29ClN4O2.HI/c1-22-20(25(3)15-18-12-17(21)14-24(18)2)23-13-16-7-5-8-19(11-16)27-10-6-9-26-4;/h5,7-8,11-12,14H,6,9-10,13,15H2,1-4H3,(H,22,23);1H. The number of guanidine groups is 1. The number of benzene rings is 1. The molecule has 2 rings (SSSR count). The number of aryl methyl sites for hydroxylation is 1. The van der Waals surface area contributed by atoms with Crippen LogP contribution in [-0.4, -0.2) is 49.8 Å². The Bertz CT molecular complexity index is 752. The van der Waals surface area contributed by atoms with Gasteiger partial charge >= 0.3 is 0 Å². The van der Waals surface area contributed by atoms with Gasteiger partial charge < -0.3 is 24.3 Å². The second kappa shape index (κ2) is 12.9. The van der Waals surface area contributed by atoms with Gasteiger partial charge in [0.2, 0.25) is 0 Å². The van der Waals surface area contributed by atoms with Crippen LogP contribution in [0.25, 0.3) is 0 Å². The molecule has 0 aliphatic carbocycles. The highest BCUT2D eigenvalue weighted by Gasteiger charge is 2.10. The van der Waals surface area contributed by atoms with Gasteiger partial charge in [0, 0.05) is 59.7 Å². The molecule has 0 saturated heterocycles. The molecular formula is C20H30ClIN4O2. The van der Waals surface area contributed by atoms with E-state index < -0.39 is 0 Å². The summed E-state index contributed by atoms with van der Waals surface area (Å²) < 4.78 is 12.8. The van der Waals surface area contributed by atoms with E-state index in [1.165, 1.54) is 0 Å². The number of rotatable bonds is 9. The minimum absolute atomic E-state index is 0. The van der Waals surface area contributed by atoms with E-state index >= 15 is 0 Å². The largest absolute Gasteiger partial charge is 0.493 e. The molecule has 0 spiro atoms. The summed E-state index contributed by atoms with van der Waals surface area (Å²) in [7, 11) is 7.48. The summed E-state index contributed by atoms with van der Waals surface area (Å²) in [5, 5.41) is 4.14. The molecule has 28 heavy (non-hydrogen) atoms. The van der Waals surface area contributed by atoms with Crippen molar-refractivity contribution in [2.24, 2.45) is 12.0 Å². The quantitative estimate of drug-likeness (QED) is 0.236. The lowest BCUT2D eigenvalue weighted by molar-refractivity contribution is 0.172. The number of aromatic nitrogens is 1. The molecule has 0 amide bonds. The highest BCUT2D eigenvalue weighted by Crippen LogP contribution is 2.15. The Balaban J connectivity index is 0.00000392. The first-order chi connectivity index (χ1) is 13.0. The topological polar surface area (TPSA) is 51.0 Å². The van der Waals surface area contributed by atoms with Gasteiger partial charge in [-0.05, 0) is 23.8 Å². The third-order valence-corrected chi connectivity index (χ3v) is 4.36. The number of methoxy groups -OCH3 is 1. The number of nitrogens with zero attached hydrogens (tertiary/aromatic N) is 3. The first-order valence-corrected chi connectivity index (χ1v) is 9.34. The van der Waals surface area contributed by atoms with Crippen molar-refractivity contribution in [2.75, 3.05) is 34.4 Å². The zero-order valence-electron chi connectivity index (χ0n) is 16.9. The van der Waals surface area contributed by atoms with Crippen molar-refractivity contribution in [3.8, 4) is 5.75 Å². The van der Waals surface area contributed by atoms with Crippen LogP contribution < -0.4 is 10.1 Å². The van der Waals surface area contributed by atoms with Gasteiger partial charge in [-0.2, -0.15) is 0 Å². The molecule has 1 aromatic carbocycles. The van der Waals surface area contributed by atoms with Crippen LogP contribution in [0.3, 0.4) is 0 Å². The average molecular weight is 521 g/mol. The Morgan fingerprint density at radius 3 is 2.71 bits per heavy atom. The number of halogens is 2. The van der Waals surface area contributed by atoms with Crippen LogP contribution in [0.1, 0.15) is 17.7 Å². The van der Waals surface area contributed by atoms with Gasteiger partial charge in [0.05, 0.1) is 18.2 Å². The maximum absolute atomic E-state index is 6.07. The number of hydrogen-bond donors (Lipinski definition) is 1. The molecule has 156 valence electrons. The molecule has 0 unspecified atom stereocenters. The van der Waals surface area contributed by atoms with Crippen LogP contribution in [0.4, 0.5) is 0 Å². The van der Waals surface area contributed by atoms with Crippen molar-refractivity contribution in [1.29, 1.82) is 0 Å². The summed E-state index contributed by atoms with van der Waals surface area (Å²) in [6.07, 6.45) is 2.78. The minimum Gasteiger partial charge on any atom is -0.493 e. The van der Waals surface area contributed by atoms with Crippen molar-refractivity contribution in [3.05, 3.63) is 52.8 Å². The van der Waals surface area contributed by atoms with Crippen LogP contribution in [0, 0.1) is 0 Å². The number of ether oxygens (including phenoxy) is 2. The fourth-order valence-electron chi connectivity index (χ4n) is 2.75. The molecule has 2 aromatic rings. The Morgan fingerprint density at radius 1 is 1.29 bits per heavy atom. The van der Waals surface area contributed by atoms with E-state index in [9.17, 15) is 0 Å². The van der Waals surface area contributed by atoms with E-state index in [2.05, 4.69) is 21.3 Å². The van der Waals surface area contributed by atoms with Crippen LogP contribution >= 0.6 is 35.6 Å². The average Bonchev–Trinajstić information content (AvgIpc) is 2.96. The normalized spacial score (nSPS) is 11.1. The molecule has 0 atom stereocenters. The second-order valence-electron chi connectivity index (χ2n) is 6.36. The summed E-state index contributed by atoms with van der Waals surface area (Å²) in [5.41, 5.74) is 2.26. The lowest BCUT2D eigenvalue weighted by atomic mass is 10.2. The van der Waals surface area contributed by atoms with Crippen LogP contribution in [0.2, 0.25) is 5.02 Å². The van der Waals surface area contributed by atoms with Crippen LogP contribution in [-0.2, 0) is 24.9 Å². The molecule has 1 N–H and O–H groups in total. The van der Waals surface area contributed by atoms with Gasteiger partial charge in [0.1, 0.15) is 5.75 Å². The highest BCUT2D eigenvalue weighted by atomic mass is 127. The van der Waals surface area contributed by atoms with Crippen molar-refractivity contribution in [3.63, 3.8) is 0 Å². The molecule has 6 nitrogen and oxygen atoms in total. The summed E-state index contributed by atoms with van der Waals surface area (Å²) in [6.45, 7) is 2.73. The van der Waals surface area contributed by atoms with E-state index in [-0.39, 0.29) is 24.0 Å². The molecule has 0 bridgehead atoms. The lowest BCUT2D eigenvalue weighted by Crippen LogP contribution is -2.38. The van der Waals surface area contributed by atoms with Gasteiger partial charge in [0.25, 0.3) is 0 Å². The summed E-state index contributed by atoms with van der Waals surface area (Å²) in [5.74, 6) is 1.69. The lowest BCUT2D eigenvalue weighted by Gasteiger charge is -2.22. The predicted octanol–water partition coefficient (Wildman–Crippen LogP) is 3.92. The summed E-state index contributed by atoms with van der Waals surface area (Å²) in [4.78, 5) is 6.44. The monoisotopic (exact) mass is 520 g/mol. The van der Waals surface area contributed by atoms with Crippen molar-refractivity contribution in [1.82, 2.24) is 14.8 Å². The van der Waals surface area contributed by atoms with Crippen molar-refractivity contribution < 1.29 is 9.47 Å². The highest BCUT2D eigenvalue weighted by molar-refractivity contribution is 14.0. The SMILES string of the molecule is CN=C(NCc1cccc(OCCCOC)c1)N(C)Cc1cc(Cl)cn1C.I. The van der Waals surface area contributed by atoms with Crippen LogP contribution in [0.5, 0.6) is 5.75 Å². The Labute approximate surface area is 189 Å². The Morgan fingerprint density at radius 2 is 2.07 bits per heavy atom. The molecular weight excluding hydrogens is 491 g/mol. The predicted molar refractivity (Wildman–Crippen MR) is 126 cm³/mol. The van der Waals surface area contributed by atoms with Crippen molar-refractivity contribution >= 4 is 41.5 Å². The third-order valence-electron chi connectivity index (χ3n) is 4.16. The number of hydrogen-bond acceptors (Lipinski definition) is 3. The number of nitrogens with one attached hydrogen (secondary N) is 1. The minimum atomic E-state index is 0. The second-order valence-corrected chi connectivity index (χ2v) is 6.80. The van der Waals surface area contributed by atoms with E-state index in [1.807, 2.05) is 49.1 Å². The molecule has 0 fully saturated rings. The number of aliphatic imine (C=N–C) groups is 1. The van der Waals surface area contributed by atoms with E-state index in [0.717, 1.165) is 34.4 Å². The van der Waals surface area contributed by atoms with E-state index in [1.54, 1.807) is 14.2 Å². The van der Waals surface area contributed by atoms with E-state index in [0.29, 0.717) is 26.3 Å². The molecule has 0 aliphatic rings. The zero-order valence-corrected chi connectivity index (χ0v) is 20.0. The molecule has 1 heterocycles. The zero-order chi connectivity index (χ0) is 19.6. The Hall–Kier alpha value is -1.45. The molecule has 0 radical (unpaired) electrons. The van der Waals surface area contributed by atoms with Gasteiger partial charge in [-0.15, -0.1) is 24.0 Å². The van der Waals surface area contributed by atoms with Gasteiger partial charge in [-0.25, -0.2) is 0 Å². The van der Waals surface area contributed by atoms with E-state index in [4.69, 9.17) is 21.1 Å². The summed E-state index contributed by atoms with van der Waals surface area (Å²) >= 11 is 6.07. The van der Waals surface area contributed by atoms with Crippen LogP contribution in [0.15, 0.2) is 41.5 Å². The molecule has 0 aliphatic heterocycles. The fraction of sp³-hybridized carbons (Fsp3) is 0.450.